The average molecular weight is 341 g/mol. The molecule has 1 atom stereocenters. The van der Waals surface area contributed by atoms with Gasteiger partial charge in [0.05, 0.1) is 25.3 Å². The smallest absolute Gasteiger partial charge is 0.227 e. The number of methoxy groups -OCH3 is 1. The highest BCUT2D eigenvalue weighted by atomic mass is 16.5. The molecule has 0 aliphatic carbocycles. The molecule has 1 aromatic heterocycles. The van der Waals surface area contributed by atoms with Gasteiger partial charge in [0, 0.05) is 20.2 Å². The van der Waals surface area contributed by atoms with Crippen LogP contribution in [0.2, 0.25) is 0 Å². The first-order valence-corrected chi connectivity index (χ1v) is 8.27. The molecule has 6 heteroatoms. The maximum absolute atomic E-state index is 12.5. The standard InChI is InChI=1S/C19H23N3O3/c1-22(2)18-6-4-5-15(21-18)11-20-19(23)14-9-13-7-8-16(24-3)10-17(13)25-12-14/h4-8,10,14H,9,11-12H2,1-3H3,(H,20,23). The Morgan fingerprint density at radius 1 is 1.36 bits per heavy atom. The Balaban J connectivity index is 1.60. The van der Waals surface area contributed by atoms with Crippen molar-refractivity contribution in [1.82, 2.24) is 10.3 Å². The molecule has 1 aliphatic rings. The van der Waals surface area contributed by atoms with E-state index in [0.29, 0.717) is 19.6 Å². The molecule has 0 saturated heterocycles. The molecule has 3 rings (SSSR count). The summed E-state index contributed by atoms with van der Waals surface area (Å²) < 4.78 is 10.9. The second-order valence-corrected chi connectivity index (χ2v) is 6.29. The molecule has 1 aliphatic heterocycles. The number of hydrogen-bond acceptors (Lipinski definition) is 5. The molecule has 0 spiro atoms. The van der Waals surface area contributed by atoms with Crippen molar-refractivity contribution in [3.8, 4) is 11.5 Å². The van der Waals surface area contributed by atoms with Gasteiger partial charge in [-0.25, -0.2) is 4.98 Å². The van der Waals surface area contributed by atoms with Gasteiger partial charge in [-0.1, -0.05) is 12.1 Å². The molecule has 6 nitrogen and oxygen atoms in total. The highest BCUT2D eigenvalue weighted by molar-refractivity contribution is 5.79. The average Bonchev–Trinajstić information content (AvgIpc) is 2.65. The minimum absolute atomic E-state index is 0.0153. The molecule has 1 N–H and O–H groups in total. The Morgan fingerprint density at radius 3 is 2.96 bits per heavy atom. The summed E-state index contributed by atoms with van der Waals surface area (Å²) in [6.45, 7) is 0.781. The quantitative estimate of drug-likeness (QED) is 0.901. The third-order valence-corrected chi connectivity index (χ3v) is 4.25. The van der Waals surface area contributed by atoms with E-state index in [9.17, 15) is 4.79 Å². The van der Waals surface area contributed by atoms with Crippen molar-refractivity contribution in [2.24, 2.45) is 5.92 Å². The fourth-order valence-electron chi connectivity index (χ4n) is 2.78. The molecule has 0 fully saturated rings. The summed E-state index contributed by atoms with van der Waals surface area (Å²) in [4.78, 5) is 18.9. The van der Waals surface area contributed by atoms with Crippen LogP contribution < -0.4 is 19.7 Å². The summed E-state index contributed by atoms with van der Waals surface area (Å²) >= 11 is 0. The number of aromatic nitrogens is 1. The van der Waals surface area contributed by atoms with Crippen LogP contribution in [0.5, 0.6) is 11.5 Å². The first-order valence-electron chi connectivity index (χ1n) is 8.27. The molecule has 1 unspecified atom stereocenters. The van der Waals surface area contributed by atoms with E-state index in [-0.39, 0.29) is 11.8 Å². The zero-order chi connectivity index (χ0) is 17.8. The van der Waals surface area contributed by atoms with Crippen LogP contribution >= 0.6 is 0 Å². The van der Waals surface area contributed by atoms with Gasteiger partial charge in [0.15, 0.2) is 0 Å². The van der Waals surface area contributed by atoms with E-state index in [0.717, 1.165) is 28.6 Å². The van der Waals surface area contributed by atoms with E-state index in [4.69, 9.17) is 9.47 Å². The minimum Gasteiger partial charge on any atom is -0.497 e. The molecule has 0 bridgehead atoms. The van der Waals surface area contributed by atoms with Gasteiger partial charge in [0.25, 0.3) is 0 Å². The van der Waals surface area contributed by atoms with Crippen molar-refractivity contribution < 1.29 is 14.3 Å². The monoisotopic (exact) mass is 341 g/mol. The number of pyridine rings is 1. The fourth-order valence-corrected chi connectivity index (χ4v) is 2.78. The first kappa shape index (κ1) is 17.1. The Bertz CT molecular complexity index is 761. The number of nitrogens with one attached hydrogen (secondary N) is 1. The third-order valence-electron chi connectivity index (χ3n) is 4.25. The van der Waals surface area contributed by atoms with Crippen LogP contribution in [0.4, 0.5) is 5.82 Å². The lowest BCUT2D eigenvalue weighted by molar-refractivity contribution is -0.126. The first-order chi connectivity index (χ1) is 12.1. The predicted octanol–water partition coefficient (Wildman–Crippen LogP) is 2.02. The van der Waals surface area contributed by atoms with Crippen LogP contribution in [0, 0.1) is 5.92 Å². The van der Waals surface area contributed by atoms with Crippen molar-refractivity contribution in [3.63, 3.8) is 0 Å². The number of amides is 1. The van der Waals surface area contributed by atoms with Gasteiger partial charge in [0.2, 0.25) is 5.91 Å². The predicted molar refractivity (Wildman–Crippen MR) is 96.1 cm³/mol. The molecular weight excluding hydrogens is 318 g/mol. The van der Waals surface area contributed by atoms with Crippen molar-refractivity contribution in [2.45, 2.75) is 13.0 Å². The summed E-state index contributed by atoms with van der Waals surface area (Å²) in [6.07, 6.45) is 0.663. The third kappa shape index (κ3) is 4.02. The SMILES string of the molecule is COc1ccc2c(c1)OCC(C(=O)NCc1cccc(N(C)C)n1)C2. The van der Waals surface area contributed by atoms with Crippen molar-refractivity contribution in [1.29, 1.82) is 0 Å². The van der Waals surface area contributed by atoms with E-state index in [1.165, 1.54) is 0 Å². The van der Waals surface area contributed by atoms with Crippen LogP contribution in [-0.2, 0) is 17.8 Å². The van der Waals surface area contributed by atoms with Gasteiger partial charge >= 0.3 is 0 Å². The minimum atomic E-state index is -0.196. The lowest BCUT2D eigenvalue weighted by Crippen LogP contribution is -2.37. The number of carbonyl (C=O) groups excluding carboxylic acids is 1. The Kier molecular flexibility index (Phi) is 5.07. The topological polar surface area (TPSA) is 63.7 Å². The zero-order valence-corrected chi connectivity index (χ0v) is 14.8. The van der Waals surface area contributed by atoms with Crippen LogP contribution in [0.1, 0.15) is 11.3 Å². The normalized spacial score (nSPS) is 15.7. The fraction of sp³-hybridized carbons (Fsp3) is 0.368. The van der Waals surface area contributed by atoms with Crippen LogP contribution in [0.15, 0.2) is 36.4 Å². The number of anilines is 1. The Morgan fingerprint density at radius 2 is 2.20 bits per heavy atom. The van der Waals surface area contributed by atoms with Crippen LogP contribution in [0.3, 0.4) is 0 Å². The summed E-state index contributed by atoms with van der Waals surface area (Å²) in [7, 11) is 5.51. The maximum atomic E-state index is 12.5. The maximum Gasteiger partial charge on any atom is 0.227 e. The molecule has 1 amide bonds. The number of ether oxygens (including phenoxy) is 2. The second-order valence-electron chi connectivity index (χ2n) is 6.29. The van der Waals surface area contributed by atoms with Gasteiger partial charge in [0.1, 0.15) is 23.9 Å². The number of fused-ring (bicyclic) bond motifs is 1. The lowest BCUT2D eigenvalue weighted by atomic mass is 9.96. The van der Waals surface area contributed by atoms with Gasteiger partial charge in [-0.2, -0.15) is 0 Å². The molecule has 1 aromatic carbocycles. The van der Waals surface area contributed by atoms with Gasteiger partial charge < -0.3 is 19.7 Å². The highest BCUT2D eigenvalue weighted by Gasteiger charge is 2.26. The molecule has 25 heavy (non-hydrogen) atoms. The van der Waals surface area contributed by atoms with Crippen molar-refractivity contribution >= 4 is 11.7 Å². The Labute approximate surface area is 147 Å². The van der Waals surface area contributed by atoms with Crippen molar-refractivity contribution in [2.75, 3.05) is 32.7 Å². The summed E-state index contributed by atoms with van der Waals surface area (Å²) in [5, 5.41) is 2.96. The lowest BCUT2D eigenvalue weighted by Gasteiger charge is -2.25. The largest absolute Gasteiger partial charge is 0.497 e. The van der Waals surface area contributed by atoms with E-state index in [2.05, 4.69) is 10.3 Å². The van der Waals surface area contributed by atoms with Crippen LogP contribution in [0.25, 0.3) is 0 Å². The number of rotatable bonds is 5. The molecular formula is C19H23N3O3. The van der Waals surface area contributed by atoms with E-state index < -0.39 is 0 Å². The number of hydrogen-bond donors (Lipinski definition) is 1. The second kappa shape index (κ2) is 7.42. The number of carbonyl (C=O) groups is 1. The van der Waals surface area contributed by atoms with Gasteiger partial charge in [-0.3, -0.25) is 4.79 Å². The summed E-state index contributed by atoms with van der Waals surface area (Å²) in [5.41, 5.74) is 1.86. The number of benzene rings is 1. The van der Waals surface area contributed by atoms with E-state index in [1.807, 2.05) is 55.4 Å². The number of nitrogens with zero attached hydrogens (tertiary/aromatic N) is 2. The molecule has 0 saturated carbocycles. The summed E-state index contributed by atoms with van der Waals surface area (Å²) in [6, 6.07) is 11.5. The summed E-state index contributed by atoms with van der Waals surface area (Å²) in [5.74, 6) is 2.21. The van der Waals surface area contributed by atoms with E-state index >= 15 is 0 Å². The van der Waals surface area contributed by atoms with E-state index in [1.54, 1.807) is 7.11 Å². The highest BCUT2D eigenvalue weighted by Crippen LogP contribution is 2.31. The van der Waals surface area contributed by atoms with Crippen molar-refractivity contribution in [3.05, 3.63) is 47.7 Å². The van der Waals surface area contributed by atoms with Gasteiger partial charge in [-0.15, -0.1) is 0 Å². The molecule has 2 heterocycles. The van der Waals surface area contributed by atoms with Crippen LogP contribution in [-0.4, -0.2) is 38.7 Å². The molecule has 0 radical (unpaired) electrons. The molecule has 2 aromatic rings. The van der Waals surface area contributed by atoms with Gasteiger partial charge in [-0.05, 0) is 30.2 Å². The Hall–Kier alpha value is -2.76. The zero-order valence-electron chi connectivity index (χ0n) is 14.8. The molecule has 132 valence electrons.